The maximum atomic E-state index is 12.8. The van der Waals surface area contributed by atoms with E-state index in [-0.39, 0.29) is 0 Å². The van der Waals surface area contributed by atoms with Gasteiger partial charge in [0.25, 0.3) is 5.92 Å². The highest BCUT2D eigenvalue weighted by molar-refractivity contribution is 7.08. The van der Waals surface area contributed by atoms with Crippen LogP contribution in [-0.4, -0.2) is 23.5 Å². The van der Waals surface area contributed by atoms with Crippen molar-refractivity contribution < 1.29 is 18.7 Å². The van der Waals surface area contributed by atoms with Crippen LogP contribution >= 0.6 is 11.3 Å². The van der Waals surface area contributed by atoms with Gasteiger partial charge in [0, 0.05) is 11.1 Å². The van der Waals surface area contributed by atoms with Gasteiger partial charge in [0.1, 0.15) is 6.42 Å². The molecular formula is C8H9F2NO2S. The number of hydrogen-bond acceptors (Lipinski definition) is 3. The lowest BCUT2D eigenvalue weighted by atomic mass is 10.2. The lowest BCUT2D eigenvalue weighted by molar-refractivity contribution is -0.144. The zero-order valence-corrected chi connectivity index (χ0v) is 7.98. The Bertz CT molecular complexity index is 300. The molecule has 14 heavy (non-hydrogen) atoms. The molecule has 0 unspecified atom stereocenters. The van der Waals surface area contributed by atoms with Crippen LogP contribution in [0, 0.1) is 0 Å². The van der Waals surface area contributed by atoms with Crippen LogP contribution in [0.2, 0.25) is 0 Å². The normalized spacial score (nSPS) is 11.3. The lowest BCUT2D eigenvalue weighted by Crippen LogP contribution is -2.29. The first-order valence-corrected chi connectivity index (χ1v) is 4.79. The topological polar surface area (TPSA) is 49.3 Å². The van der Waals surface area contributed by atoms with Gasteiger partial charge >= 0.3 is 5.97 Å². The van der Waals surface area contributed by atoms with E-state index in [0.29, 0.717) is 5.69 Å². The average molecular weight is 221 g/mol. The molecule has 0 spiro atoms. The summed E-state index contributed by atoms with van der Waals surface area (Å²) in [7, 11) is 0. The maximum absolute atomic E-state index is 12.8. The largest absolute Gasteiger partial charge is 0.481 e. The zero-order valence-electron chi connectivity index (χ0n) is 7.17. The van der Waals surface area contributed by atoms with Gasteiger partial charge < -0.3 is 10.4 Å². The highest BCUT2D eigenvalue weighted by atomic mass is 32.1. The van der Waals surface area contributed by atoms with Crippen molar-refractivity contribution in [2.24, 2.45) is 0 Å². The summed E-state index contributed by atoms with van der Waals surface area (Å²) < 4.78 is 25.7. The van der Waals surface area contributed by atoms with Gasteiger partial charge in [0.15, 0.2) is 0 Å². The summed E-state index contributed by atoms with van der Waals surface area (Å²) >= 11 is 1.38. The minimum Gasteiger partial charge on any atom is -0.481 e. The molecule has 0 aromatic carbocycles. The minimum atomic E-state index is -3.21. The predicted octanol–water partition coefficient (Wildman–Crippen LogP) is 2.27. The Kier molecular flexibility index (Phi) is 3.40. The fourth-order valence-electron chi connectivity index (χ4n) is 0.880. The van der Waals surface area contributed by atoms with Crippen LogP contribution < -0.4 is 5.32 Å². The second-order valence-electron chi connectivity index (χ2n) is 2.79. The van der Waals surface area contributed by atoms with Crippen LogP contribution in [0.3, 0.4) is 0 Å². The van der Waals surface area contributed by atoms with Crippen LogP contribution in [0.1, 0.15) is 6.42 Å². The summed E-state index contributed by atoms with van der Waals surface area (Å²) in [5.41, 5.74) is 0.583. The fourth-order valence-corrected chi connectivity index (χ4v) is 1.49. The number of anilines is 1. The van der Waals surface area contributed by atoms with Crippen molar-refractivity contribution in [1.82, 2.24) is 0 Å². The minimum absolute atomic E-state index is 0.583. The van der Waals surface area contributed by atoms with E-state index in [1.54, 1.807) is 16.8 Å². The number of hydrogen-bond donors (Lipinski definition) is 2. The molecule has 1 heterocycles. The van der Waals surface area contributed by atoms with Crippen LogP contribution in [0.15, 0.2) is 16.8 Å². The molecule has 0 saturated heterocycles. The molecule has 1 aromatic heterocycles. The van der Waals surface area contributed by atoms with Crippen LogP contribution in [0.5, 0.6) is 0 Å². The summed E-state index contributed by atoms with van der Waals surface area (Å²) in [6, 6.07) is 1.65. The predicted molar refractivity (Wildman–Crippen MR) is 50.0 cm³/mol. The zero-order chi connectivity index (χ0) is 10.6. The number of carbonyl (C=O) groups is 1. The number of alkyl halides is 2. The molecule has 0 atom stereocenters. The smallest absolute Gasteiger partial charge is 0.309 e. The first-order valence-electron chi connectivity index (χ1n) is 3.85. The van der Waals surface area contributed by atoms with E-state index in [0.717, 1.165) is 0 Å². The third kappa shape index (κ3) is 3.69. The van der Waals surface area contributed by atoms with Crippen LogP contribution in [0.4, 0.5) is 14.5 Å². The van der Waals surface area contributed by atoms with Crippen molar-refractivity contribution in [3.63, 3.8) is 0 Å². The molecular weight excluding hydrogens is 212 g/mol. The van der Waals surface area contributed by atoms with Crippen molar-refractivity contribution in [3.05, 3.63) is 16.8 Å². The third-order valence-corrected chi connectivity index (χ3v) is 2.17. The molecule has 1 aromatic rings. The number of carboxylic acid groups (broad SMARTS) is 1. The quantitative estimate of drug-likeness (QED) is 0.801. The molecule has 78 valence electrons. The molecule has 3 nitrogen and oxygen atoms in total. The number of thiophene rings is 1. The van der Waals surface area contributed by atoms with E-state index < -0.39 is 24.9 Å². The summed E-state index contributed by atoms with van der Waals surface area (Å²) in [5.74, 6) is -4.71. The van der Waals surface area contributed by atoms with E-state index in [2.05, 4.69) is 5.32 Å². The Morgan fingerprint density at radius 1 is 1.64 bits per heavy atom. The molecule has 0 aliphatic rings. The monoisotopic (exact) mass is 221 g/mol. The summed E-state index contributed by atoms with van der Waals surface area (Å²) in [6.45, 7) is -0.657. The molecule has 0 aliphatic heterocycles. The van der Waals surface area contributed by atoms with E-state index >= 15 is 0 Å². The Morgan fingerprint density at radius 3 is 2.86 bits per heavy atom. The summed E-state index contributed by atoms with van der Waals surface area (Å²) in [5, 5.41) is 14.1. The third-order valence-electron chi connectivity index (χ3n) is 1.48. The highest BCUT2D eigenvalue weighted by Crippen LogP contribution is 2.20. The highest BCUT2D eigenvalue weighted by Gasteiger charge is 2.31. The second-order valence-corrected chi connectivity index (χ2v) is 3.57. The van der Waals surface area contributed by atoms with Gasteiger partial charge in [-0.05, 0) is 11.4 Å². The van der Waals surface area contributed by atoms with Crippen molar-refractivity contribution in [2.45, 2.75) is 12.3 Å². The SMILES string of the molecule is O=C(O)CC(F)(F)CNc1ccsc1. The van der Waals surface area contributed by atoms with Gasteiger partial charge in [0.2, 0.25) is 0 Å². The number of nitrogens with one attached hydrogen (secondary N) is 1. The molecule has 0 saturated carbocycles. The summed E-state index contributed by atoms with van der Waals surface area (Å²) in [6.07, 6.45) is -1.15. The molecule has 0 radical (unpaired) electrons. The lowest BCUT2D eigenvalue weighted by Gasteiger charge is -2.14. The van der Waals surface area contributed by atoms with E-state index in [1.807, 2.05) is 0 Å². The Hall–Kier alpha value is -1.17. The number of aliphatic carboxylic acids is 1. The van der Waals surface area contributed by atoms with Crippen LogP contribution in [-0.2, 0) is 4.79 Å². The second kappa shape index (κ2) is 4.36. The van der Waals surface area contributed by atoms with E-state index in [9.17, 15) is 13.6 Å². The van der Waals surface area contributed by atoms with Gasteiger partial charge in [-0.1, -0.05) is 0 Å². The molecule has 2 N–H and O–H groups in total. The van der Waals surface area contributed by atoms with Gasteiger partial charge in [-0.15, -0.1) is 0 Å². The Morgan fingerprint density at radius 2 is 2.36 bits per heavy atom. The number of carboxylic acids is 1. The van der Waals surface area contributed by atoms with Crippen molar-refractivity contribution in [2.75, 3.05) is 11.9 Å². The first-order chi connectivity index (χ1) is 6.49. The van der Waals surface area contributed by atoms with Gasteiger partial charge in [-0.25, -0.2) is 8.78 Å². The average Bonchev–Trinajstić information content (AvgIpc) is 2.50. The number of rotatable bonds is 5. The first kappa shape index (κ1) is 10.9. The molecule has 1 rings (SSSR count). The van der Waals surface area contributed by atoms with Gasteiger partial charge in [-0.2, -0.15) is 11.3 Å². The molecule has 0 bridgehead atoms. The Balaban J connectivity index is 2.40. The van der Waals surface area contributed by atoms with Gasteiger partial charge in [0.05, 0.1) is 6.54 Å². The van der Waals surface area contributed by atoms with Crippen molar-refractivity contribution in [3.8, 4) is 0 Å². The van der Waals surface area contributed by atoms with Crippen molar-refractivity contribution in [1.29, 1.82) is 0 Å². The fraction of sp³-hybridized carbons (Fsp3) is 0.375. The maximum Gasteiger partial charge on any atom is 0.309 e. The van der Waals surface area contributed by atoms with E-state index in [4.69, 9.17) is 5.11 Å². The molecule has 0 aliphatic carbocycles. The van der Waals surface area contributed by atoms with E-state index in [1.165, 1.54) is 11.3 Å². The summed E-state index contributed by atoms with van der Waals surface area (Å²) in [4.78, 5) is 10.1. The number of halogens is 2. The molecule has 0 amide bonds. The molecule has 6 heteroatoms. The van der Waals surface area contributed by atoms with Crippen molar-refractivity contribution >= 4 is 23.0 Å². The van der Waals surface area contributed by atoms with Crippen LogP contribution in [0.25, 0.3) is 0 Å². The van der Waals surface area contributed by atoms with Gasteiger partial charge in [-0.3, -0.25) is 4.79 Å². The Labute approximate surface area is 83.4 Å². The standard InChI is InChI=1S/C8H9F2NO2S/c9-8(10,3-7(12)13)5-11-6-1-2-14-4-6/h1-2,4,11H,3,5H2,(H,12,13). The molecule has 0 fully saturated rings.